The molecule has 73 heavy (non-hydrogen) atoms. The van der Waals surface area contributed by atoms with Crippen LogP contribution in [0.4, 0.5) is 0 Å². The monoisotopic (exact) mass is 1020 g/mol. The van der Waals surface area contributed by atoms with Crippen molar-refractivity contribution in [3.63, 3.8) is 0 Å². The minimum absolute atomic E-state index is 0.0112. The third kappa shape index (κ3) is 21.5. The van der Waals surface area contributed by atoms with E-state index in [4.69, 9.17) is 28.4 Å². The number of Topliss-reactive ketones (excluding diaryl/α,β-unsaturated/α-hetero) is 1. The van der Waals surface area contributed by atoms with Crippen LogP contribution in [0.2, 0.25) is 0 Å². The van der Waals surface area contributed by atoms with E-state index in [-0.39, 0.29) is 101 Å². The second-order valence-corrected chi connectivity index (χ2v) is 20.5. The highest BCUT2D eigenvalue weighted by molar-refractivity contribution is 5.84. The molecule has 0 radical (unpaired) electrons. The summed E-state index contributed by atoms with van der Waals surface area (Å²) in [5.41, 5.74) is -2.35. The minimum Gasteiger partial charge on any atom is -0.490 e. The number of benzene rings is 2. The van der Waals surface area contributed by atoms with E-state index in [9.17, 15) is 33.6 Å². The van der Waals surface area contributed by atoms with Crippen LogP contribution in [0, 0.1) is 16.7 Å². The summed E-state index contributed by atoms with van der Waals surface area (Å²) < 4.78 is 33.9. The van der Waals surface area contributed by atoms with Gasteiger partial charge in [-0.1, -0.05) is 76.4 Å². The number of hydrogen-bond acceptors (Lipinski definition) is 13. The number of amides is 2. The van der Waals surface area contributed by atoms with Crippen molar-refractivity contribution in [3.8, 4) is 11.5 Å². The maximum absolute atomic E-state index is 14.5. The fourth-order valence-corrected chi connectivity index (χ4v) is 9.97. The number of nitrogens with zero attached hydrogens (tertiary/aromatic N) is 2. The molecule has 406 valence electrons. The van der Waals surface area contributed by atoms with Crippen LogP contribution < -0.4 is 9.47 Å². The fraction of sp³-hybridized carbons (Fsp3) is 0.672. The molecule has 2 saturated heterocycles. The predicted octanol–water partition coefficient (Wildman–Crippen LogP) is 10.2. The number of unbranched alkanes of at least 4 members (excludes halogenated alkanes) is 1. The van der Waals surface area contributed by atoms with Crippen LogP contribution in [0.3, 0.4) is 0 Å². The van der Waals surface area contributed by atoms with Gasteiger partial charge in [0.25, 0.3) is 0 Å². The van der Waals surface area contributed by atoms with Crippen molar-refractivity contribution in [2.24, 2.45) is 16.7 Å². The van der Waals surface area contributed by atoms with Crippen LogP contribution in [0.15, 0.2) is 60.7 Å². The molecule has 4 rings (SSSR count). The van der Waals surface area contributed by atoms with Gasteiger partial charge in [-0.2, -0.15) is 0 Å². The molecule has 15 heteroatoms. The third-order valence-electron chi connectivity index (χ3n) is 14.4. The molecule has 2 heterocycles. The van der Waals surface area contributed by atoms with Crippen molar-refractivity contribution in [2.45, 2.75) is 182 Å². The number of esters is 4. The summed E-state index contributed by atoms with van der Waals surface area (Å²) in [5, 5.41) is 0. The van der Waals surface area contributed by atoms with Crippen molar-refractivity contribution in [3.05, 3.63) is 60.7 Å². The summed E-state index contributed by atoms with van der Waals surface area (Å²) >= 11 is 0. The lowest BCUT2D eigenvalue weighted by atomic mass is 9.71. The van der Waals surface area contributed by atoms with Crippen molar-refractivity contribution >= 4 is 41.5 Å². The Kier molecular flexibility index (Phi) is 26.9. The molecule has 3 unspecified atom stereocenters. The lowest BCUT2D eigenvalue weighted by Crippen LogP contribution is -2.41. The zero-order valence-corrected chi connectivity index (χ0v) is 44.7. The highest BCUT2D eigenvalue weighted by Crippen LogP contribution is 2.40. The minimum atomic E-state index is -1.47. The van der Waals surface area contributed by atoms with E-state index < -0.39 is 40.6 Å². The Morgan fingerprint density at radius 3 is 1.63 bits per heavy atom. The largest absolute Gasteiger partial charge is 0.490 e. The van der Waals surface area contributed by atoms with Crippen LogP contribution in [-0.2, 0) is 52.5 Å². The maximum Gasteiger partial charge on any atom is 0.312 e. The van der Waals surface area contributed by atoms with Gasteiger partial charge in [-0.25, -0.2) is 0 Å². The highest BCUT2D eigenvalue weighted by atomic mass is 16.6. The quantitative estimate of drug-likeness (QED) is 0.0358. The Labute approximate surface area is 435 Å². The number of likely N-dealkylation sites (tertiary alicyclic amines) is 2. The van der Waals surface area contributed by atoms with Crippen molar-refractivity contribution in [2.75, 3.05) is 52.7 Å². The second kappa shape index (κ2) is 32.7. The number of para-hydroxylation sites is 2. The summed E-state index contributed by atoms with van der Waals surface area (Å²) in [6, 6.07) is 18.5. The molecule has 0 aliphatic carbocycles. The van der Waals surface area contributed by atoms with Gasteiger partial charge >= 0.3 is 23.9 Å². The van der Waals surface area contributed by atoms with Gasteiger partial charge in [0.05, 0.1) is 10.8 Å². The lowest BCUT2D eigenvalue weighted by molar-refractivity contribution is -0.167. The maximum atomic E-state index is 14.5. The van der Waals surface area contributed by atoms with Crippen LogP contribution >= 0.6 is 0 Å². The summed E-state index contributed by atoms with van der Waals surface area (Å²) in [6.45, 7) is 10.7. The van der Waals surface area contributed by atoms with Gasteiger partial charge in [0.1, 0.15) is 56.9 Å². The lowest BCUT2D eigenvalue weighted by Gasteiger charge is -2.33. The third-order valence-corrected chi connectivity index (χ3v) is 14.4. The first-order chi connectivity index (χ1) is 35.2. The average molecular weight is 1020 g/mol. The molecular formula is C58H86N2O13. The predicted molar refractivity (Wildman–Crippen MR) is 277 cm³/mol. The molecule has 2 aliphatic rings. The fourth-order valence-electron chi connectivity index (χ4n) is 9.97. The molecule has 2 amide bonds. The number of carbonyl (C=O) groups is 7. The molecule has 2 fully saturated rings. The van der Waals surface area contributed by atoms with E-state index in [1.165, 1.54) is 0 Å². The van der Waals surface area contributed by atoms with Gasteiger partial charge in [0.2, 0.25) is 11.8 Å². The van der Waals surface area contributed by atoms with E-state index in [2.05, 4.69) is 11.8 Å². The number of ketones is 1. The summed E-state index contributed by atoms with van der Waals surface area (Å²) in [5.74, 6) is -1.30. The standard InChI is InChI=1S/C58H86N2O13/c1-6-8-28-50(61)45(3)44-58(34-31-53(64)70-40-38-68-48-24-12-9-13-25-48,35-32-54(65)71-41-39-69-49-26-14-10-15-27-49)56(67)73-43-42-72-55(66)57(4,5)33-19-23-47(60-36-17-11-16-29-51(60)62)22-18-21-46(7-2)59-37-20-30-52(59)63/h9-10,12-15,24-27,45-47H,6-8,11,16-23,28-44H2,1-5H3. The summed E-state index contributed by atoms with van der Waals surface area (Å²) in [4.78, 5) is 97.9. The Morgan fingerprint density at radius 1 is 0.562 bits per heavy atom. The topological polar surface area (TPSA) is 181 Å². The van der Waals surface area contributed by atoms with Crippen molar-refractivity contribution < 1.29 is 62.0 Å². The molecular weight excluding hydrogens is 933 g/mol. The van der Waals surface area contributed by atoms with E-state index in [0.717, 1.165) is 77.3 Å². The van der Waals surface area contributed by atoms with Gasteiger partial charge in [-0.15, -0.1) is 0 Å². The molecule has 0 spiro atoms. The molecule has 3 atom stereocenters. The Bertz CT molecular complexity index is 1930. The van der Waals surface area contributed by atoms with E-state index >= 15 is 0 Å². The smallest absolute Gasteiger partial charge is 0.312 e. The molecule has 0 bridgehead atoms. The van der Waals surface area contributed by atoms with Crippen LogP contribution in [0.25, 0.3) is 0 Å². The number of rotatable bonds is 36. The summed E-state index contributed by atoms with van der Waals surface area (Å²) in [7, 11) is 0. The van der Waals surface area contributed by atoms with Crippen LogP contribution in [0.5, 0.6) is 11.5 Å². The molecule has 0 aromatic heterocycles. The van der Waals surface area contributed by atoms with Gasteiger partial charge in [0, 0.05) is 63.2 Å². The van der Waals surface area contributed by atoms with Crippen molar-refractivity contribution in [1.82, 2.24) is 9.80 Å². The van der Waals surface area contributed by atoms with E-state index in [0.29, 0.717) is 50.0 Å². The van der Waals surface area contributed by atoms with Crippen LogP contribution in [0.1, 0.15) is 169 Å². The Morgan fingerprint density at radius 2 is 1.07 bits per heavy atom. The molecule has 2 aliphatic heterocycles. The van der Waals surface area contributed by atoms with E-state index in [1.54, 1.807) is 31.2 Å². The highest BCUT2D eigenvalue weighted by Gasteiger charge is 2.43. The Hall–Kier alpha value is -5.47. The van der Waals surface area contributed by atoms with Crippen LogP contribution in [-0.4, -0.2) is 116 Å². The summed E-state index contributed by atoms with van der Waals surface area (Å²) in [6.07, 6.45) is 11.7. The first-order valence-corrected chi connectivity index (χ1v) is 27.3. The molecule has 15 nitrogen and oxygen atoms in total. The molecule has 2 aromatic carbocycles. The first kappa shape index (κ1) is 60.1. The van der Waals surface area contributed by atoms with Gasteiger partial charge in [-0.3, -0.25) is 33.6 Å². The van der Waals surface area contributed by atoms with Crippen molar-refractivity contribution in [1.29, 1.82) is 0 Å². The van der Waals surface area contributed by atoms with Gasteiger partial charge < -0.3 is 38.2 Å². The zero-order valence-electron chi connectivity index (χ0n) is 44.7. The molecule has 0 N–H and O–H groups in total. The Balaban J connectivity index is 1.38. The normalized spacial score (nSPS) is 15.5. The zero-order chi connectivity index (χ0) is 52.9. The molecule has 2 aromatic rings. The SMILES string of the molecule is CCCCC(=O)C(C)CC(CCC(=O)OCCOc1ccccc1)(CCC(=O)OCCOc1ccccc1)C(=O)OCCOC(=O)C(C)(C)CCCC(CCCC(CC)N1CCCC1=O)N1CCCCCC1=O. The number of hydrogen-bond donors (Lipinski definition) is 0. The first-order valence-electron chi connectivity index (χ1n) is 27.3. The average Bonchev–Trinajstić information content (AvgIpc) is 3.70. The number of carbonyl (C=O) groups excluding carboxylic acids is 7. The van der Waals surface area contributed by atoms with E-state index in [1.807, 2.05) is 62.1 Å². The molecule has 0 saturated carbocycles. The number of ether oxygens (including phenoxy) is 6. The van der Waals surface area contributed by atoms with Gasteiger partial charge in [-0.05, 0) is 122 Å². The second-order valence-electron chi connectivity index (χ2n) is 20.5. The van der Waals surface area contributed by atoms with Gasteiger partial charge in [0.15, 0.2) is 0 Å².